The summed E-state index contributed by atoms with van der Waals surface area (Å²) in [4.78, 5) is 18.8. The van der Waals surface area contributed by atoms with E-state index in [2.05, 4.69) is 15.2 Å². The summed E-state index contributed by atoms with van der Waals surface area (Å²) in [6.07, 6.45) is 3.67. The predicted molar refractivity (Wildman–Crippen MR) is 99.8 cm³/mol. The van der Waals surface area contributed by atoms with E-state index in [1.807, 2.05) is 66.1 Å². The van der Waals surface area contributed by atoms with Crippen LogP contribution in [-0.4, -0.2) is 37.4 Å². The summed E-state index contributed by atoms with van der Waals surface area (Å²) in [5.41, 5.74) is 5.10. The van der Waals surface area contributed by atoms with Gasteiger partial charge in [-0.1, -0.05) is 30.3 Å². The maximum Gasteiger partial charge on any atom is 0.274 e. The van der Waals surface area contributed by atoms with Crippen molar-refractivity contribution >= 4 is 11.6 Å². The van der Waals surface area contributed by atoms with Gasteiger partial charge in [0.25, 0.3) is 5.91 Å². The molecule has 0 bridgehead atoms. The molecule has 0 aliphatic heterocycles. The first-order valence-electron chi connectivity index (χ1n) is 8.41. The molecule has 0 aliphatic carbocycles. The van der Waals surface area contributed by atoms with E-state index >= 15 is 0 Å². The smallest absolute Gasteiger partial charge is 0.274 e. The Hall–Kier alpha value is -3.41. The fraction of sp³-hybridized carbons (Fsp3) is 0.150. The molecule has 6 heteroatoms. The number of fused-ring (bicyclic) bond motifs is 1. The molecule has 0 saturated heterocycles. The number of carbonyl (C=O) groups excluding carboxylic acids is 1. The zero-order valence-corrected chi connectivity index (χ0v) is 14.7. The summed E-state index contributed by atoms with van der Waals surface area (Å²) in [6, 6.07) is 15.8. The van der Waals surface area contributed by atoms with E-state index in [1.165, 1.54) is 0 Å². The average molecular weight is 345 g/mol. The van der Waals surface area contributed by atoms with Crippen LogP contribution in [0.15, 0.2) is 60.9 Å². The van der Waals surface area contributed by atoms with Gasteiger partial charge in [0.05, 0.1) is 17.9 Å². The van der Waals surface area contributed by atoms with Crippen molar-refractivity contribution in [3.05, 3.63) is 77.9 Å². The minimum atomic E-state index is -0.123. The molecule has 4 aromatic rings. The number of benzene rings is 1. The Kier molecular flexibility index (Phi) is 4.01. The van der Waals surface area contributed by atoms with E-state index in [9.17, 15) is 4.79 Å². The molecule has 0 aliphatic rings. The quantitative estimate of drug-likeness (QED) is 0.617. The fourth-order valence-corrected chi connectivity index (χ4v) is 2.91. The Bertz CT molecular complexity index is 1060. The van der Waals surface area contributed by atoms with E-state index in [0.717, 1.165) is 28.2 Å². The van der Waals surface area contributed by atoms with Gasteiger partial charge in [-0.05, 0) is 30.7 Å². The molecular weight excluding hydrogens is 326 g/mol. The number of hydrogen-bond acceptors (Lipinski definition) is 3. The molecule has 130 valence electrons. The monoisotopic (exact) mass is 345 g/mol. The van der Waals surface area contributed by atoms with E-state index in [1.54, 1.807) is 18.1 Å². The van der Waals surface area contributed by atoms with Crippen molar-refractivity contribution in [2.45, 2.75) is 13.5 Å². The number of pyridine rings is 1. The predicted octanol–water partition coefficient (Wildman–Crippen LogP) is 3.31. The van der Waals surface area contributed by atoms with Gasteiger partial charge < -0.3 is 9.30 Å². The summed E-state index contributed by atoms with van der Waals surface area (Å²) in [7, 11) is 1.76. The molecule has 3 heterocycles. The third-order valence-electron chi connectivity index (χ3n) is 4.29. The van der Waals surface area contributed by atoms with Crippen LogP contribution in [0, 0.1) is 6.92 Å². The van der Waals surface area contributed by atoms with Gasteiger partial charge in [0.1, 0.15) is 11.3 Å². The molecule has 1 N–H and O–H groups in total. The molecule has 3 aromatic heterocycles. The number of rotatable bonds is 4. The number of H-pyrrole nitrogens is 1. The second kappa shape index (κ2) is 6.48. The Balaban J connectivity index is 1.51. The molecule has 0 unspecified atom stereocenters. The van der Waals surface area contributed by atoms with Crippen molar-refractivity contribution < 1.29 is 4.79 Å². The van der Waals surface area contributed by atoms with Crippen molar-refractivity contribution in [1.29, 1.82) is 0 Å². The summed E-state index contributed by atoms with van der Waals surface area (Å²) in [5.74, 6) is -0.123. The van der Waals surface area contributed by atoms with Gasteiger partial charge >= 0.3 is 0 Å². The van der Waals surface area contributed by atoms with Gasteiger partial charge in [-0.25, -0.2) is 4.98 Å². The van der Waals surface area contributed by atoms with E-state index in [4.69, 9.17) is 0 Å². The topological polar surface area (TPSA) is 66.3 Å². The van der Waals surface area contributed by atoms with Crippen LogP contribution in [0.25, 0.3) is 16.9 Å². The number of aromatic amines is 1. The van der Waals surface area contributed by atoms with Gasteiger partial charge in [0, 0.05) is 25.0 Å². The Morgan fingerprint density at radius 3 is 2.81 bits per heavy atom. The molecular formula is C20H19N5O. The normalized spacial score (nSPS) is 11.0. The SMILES string of the molecule is Cc1ccn2cc(C(=O)N(C)Cc3cc(-c4ccccc4)n[nH]3)nc2c1. The van der Waals surface area contributed by atoms with Crippen molar-refractivity contribution in [2.24, 2.45) is 0 Å². The lowest BCUT2D eigenvalue weighted by Gasteiger charge is -2.14. The summed E-state index contributed by atoms with van der Waals surface area (Å²) in [5, 5.41) is 7.34. The molecule has 0 saturated carbocycles. The highest BCUT2D eigenvalue weighted by molar-refractivity contribution is 5.92. The highest BCUT2D eigenvalue weighted by atomic mass is 16.2. The molecule has 4 rings (SSSR count). The Labute approximate surface area is 151 Å². The number of nitrogens with zero attached hydrogens (tertiary/aromatic N) is 4. The second-order valence-corrected chi connectivity index (χ2v) is 6.40. The van der Waals surface area contributed by atoms with Crippen LogP contribution >= 0.6 is 0 Å². The number of aromatic nitrogens is 4. The highest BCUT2D eigenvalue weighted by Gasteiger charge is 2.17. The third-order valence-corrected chi connectivity index (χ3v) is 4.29. The van der Waals surface area contributed by atoms with Crippen LogP contribution in [0.1, 0.15) is 21.7 Å². The number of imidazole rings is 1. The van der Waals surface area contributed by atoms with E-state index in [0.29, 0.717) is 12.2 Å². The Morgan fingerprint density at radius 1 is 1.19 bits per heavy atom. The number of carbonyl (C=O) groups is 1. The van der Waals surface area contributed by atoms with Crippen molar-refractivity contribution in [2.75, 3.05) is 7.05 Å². The van der Waals surface area contributed by atoms with Gasteiger partial charge in [-0.15, -0.1) is 0 Å². The summed E-state index contributed by atoms with van der Waals surface area (Å²) < 4.78 is 1.86. The molecule has 0 radical (unpaired) electrons. The second-order valence-electron chi connectivity index (χ2n) is 6.40. The number of nitrogens with one attached hydrogen (secondary N) is 1. The van der Waals surface area contributed by atoms with Gasteiger partial charge in [-0.2, -0.15) is 5.10 Å². The lowest BCUT2D eigenvalue weighted by Crippen LogP contribution is -2.26. The lowest BCUT2D eigenvalue weighted by molar-refractivity contribution is 0.0778. The third kappa shape index (κ3) is 3.09. The van der Waals surface area contributed by atoms with Crippen LogP contribution in [0.3, 0.4) is 0 Å². The van der Waals surface area contributed by atoms with Crippen LogP contribution in [0.2, 0.25) is 0 Å². The highest BCUT2D eigenvalue weighted by Crippen LogP contribution is 2.18. The molecule has 6 nitrogen and oxygen atoms in total. The lowest BCUT2D eigenvalue weighted by atomic mass is 10.1. The summed E-state index contributed by atoms with van der Waals surface area (Å²) >= 11 is 0. The minimum absolute atomic E-state index is 0.123. The first-order valence-corrected chi connectivity index (χ1v) is 8.41. The minimum Gasteiger partial charge on any atom is -0.334 e. The van der Waals surface area contributed by atoms with Crippen LogP contribution in [0.4, 0.5) is 0 Å². The molecule has 1 aromatic carbocycles. The van der Waals surface area contributed by atoms with E-state index in [-0.39, 0.29) is 5.91 Å². The first kappa shape index (κ1) is 16.1. The zero-order valence-electron chi connectivity index (χ0n) is 14.7. The molecule has 0 spiro atoms. The van der Waals surface area contributed by atoms with Crippen molar-refractivity contribution in [3.63, 3.8) is 0 Å². The maximum absolute atomic E-state index is 12.7. The zero-order chi connectivity index (χ0) is 18.1. The molecule has 1 amide bonds. The average Bonchev–Trinajstić information content (AvgIpc) is 3.28. The van der Waals surface area contributed by atoms with E-state index < -0.39 is 0 Å². The standard InChI is InChI=1S/C20H19N5O/c1-14-8-9-25-13-18(21-19(25)10-14)20(26)24(2)12-16-11-17(23-22-16)15-6-4-3-5-7-15/h3-11,13H,12H2,1-2H3,(H,22,23). The molecule has 26 heavy (non-hydrogen) atoms. The number of amides is 1. The van der Waals surface area contributed by atoms with Crippen molar-refractivity contribution in [3.8, 4) is 11.3 Å². The van der Waals surface area contributed by atoms with Crippen molar-refractivity contribution in [1.82, 2.24) is 24.5 Å². The number of aryl methyl sites for hydroxylation is 1. The molecule has 0 fully saturated rings. The molecule has 0 atom stereocenters. The van der Waals surface area contributed by atoms with Gasteiger partial charge in [0.2, 0.25) is 0 Å². The Morgan fingerprint density at radius 2 is 2.00 bits per heavy atom. The summed E-state index contributed by atoms with van der Waals surface area (Å²) in [6.45, 7) is 2.44. The first-order chi connectivity index (χ1) is 12.6. The maximum atomic E-state index is 12.7. The van der Waals surface area contributed by atoms with Crippen LogP contribution in [-0.2, 0) is 6.54 Å². The largest absolute Gasteiger partial charge is 0.334 e. The van der Waals surface area contributed by atoms with Gasteiger partial charge in [-0.3, -0.25) is 9.89 Å². The van der Waals surface area contributed by atoms with Crippen LogP contribution < -0.4 is 0 Å². The van der Waals surface area contributed by atoms with Crippen LogP contribution in [0.5, 0.6) is 0 Å². The number of hydrogen-bond donors (Lipinski definition) is 1. The van der Waals surface area contributed by atoms with Gasteiger partial charge in [0.15, 0.2) is 0 Å². The fourth-order valence-electron chi connectivity index (χ4n) is 2.91.